The van der Waals surface area contributed by atoms with E-state index in [1.807, 2.05) is 54.6 Å². The Bertz CT molecular complexity index is 726. The van der Waals surface area contributed by atoms with Crippen LogP contribution in [0.2, 0.25) is 0 Å². The number of benzene rings is 2. The maximum atomic E-state index is 12.5. The van der Waals surface area contributed by atoms with E-state index in [1.54, 1.807) is 4.90 Å². The second-order valence-corrected chi connectivity index (χ2v) is 7.01. The fourth-order valence-corrected chi connectivity index (χ4v) is 3.72. The zero-order valence-corrected chi connectivity index (χ0v) is 14.3. The zero-order valence-electron chi connectivity index (χ0n) is 12.6. The average molecular weight is 339 g/mol. The lowest BCUT2D eigenvalue weighted by atomic mass is 10.1. The molecule has 0 saturated carbocycles. The maximum absolute atomic E-state index is 12.5. The first-order valence-electron chi connectivity index (χ1n) is 7.56. The molecule has 0 bridgehead atoms. The van der Waals surface area contributed by atoms with Crippen molar-refractivity contribution in [2.24, 2.45) is 0 Å². The highest BCUT2D eigenvalue weighted by atomic mass is 32.2. The van der Waals surface area contributed by atoms with E-state index in [9.17, 15) is 4.79 Å². The molecule has 2 nitrogen and oxygen atoms in total. The highest BCUT2D eigenvalue weighted by molar-refractivity contribution is 8.26. The molecule has 0 aliphatic carbocycles. The molecule has 0 N–H and O–H groups in total. The van der Waals surface area contributed by atoms with Gasteiger partial charge in [-0.25, -0.2) is 0 Å². The van der Waals surface area contributed by atoms with Crippen LogP contribution in [0.1, 0.15) is 17.5 Å². The van der Waals surface area contributed by atoms with Crippen LogP contribution in [0, 0.1) is 0 Å². The number of thiocarbonyl (C=S) groups is 1. The Morgan fingerprint density at radius 3 is 2.22 bits per heavy atom. The third kappa shape index (κ3) is 4.09. The maximum Gasteiger partial charge on any atom is 0.266 e. The first-order chi connectivity index (χ1) is 11.2. The third-order valence-corrected chi connectivity index (χ3v) is 5.09. The number of carbonyl (C=O) groups is 1. The molecular formula is C19H17NOS2. The van der Waals surface area contributed by atoms with Crippen molar-refractivity contribution in [1.82, 2.24) is 4.90 Å². The summed E-state index contributed by atoms with van der Waals surface area (Å²) < 4.78 is 0.643. The van der Waals surface area contributed by atoms with Gasteiger partial charge in [0, 0.05) is 0 Å². The van der Waals surface area contributed by atoms with Crippen molar-refractivity contribution in [2.45, 2.75) is 19.4 Å². The molecule has 2 aromatic rings. The Balaban J connectivity index is 1.62. The van der Waals surface area contributed by atoms with E-state index in [-0.39, 0.29) is 5.91 Å². The van der Waals surface area contributed by atoms with Gasteiger partial charge in [0.1, 0.15) is 4.32 Å². The molecule has 0 unspecified atom stereocenters. The van der Waals surface area contributed by atoms with Gasteiger partial charge in [0.25, 0.3) is 5.91 Å². The van der Waals surface area contributed by atoms with Crippen molar-refractivity contribution >= 4 is 34.2 Å². The lowest BCUT2D eigenvalue weighted by Crippen LogP contribution is -2.27. The number of nitrogens with zero attached hydrogens (tertiary/aromatic N) is 1. The van der Waals surface area contributed by atoms with Gasteiger partial charge >= 0.3 is 0 Å². The number of thioether (sulfide) groups is 1. The molecular weight excluding hydrogens is 322 g/mol. The largest absolute Gasteiger partial charge is 0.288 e. The molecule has 0 aromatic heterocycles. The number of hydrogen-bond donors (Lipinski definition) is 0. The van der Waals surface area contributed by atoms with Crippen molar-refractivity contribution in [2.75, 3.05) is 0 Å². The third-order valence-electron chi connectivity index (χ3n) is 3.66. The van der Waals surface area contributed by atoms with Crippen LogP contribution in [-0.2, 0) is 17.8 Å². The topological polar surface area (TPSA) is 20.3 Å². The van der Waals surface area contributed by atoms with E-state index in [0.29, 0.717) is 10.9 Å². The van der Waals surface area contributed by atoms with E-state index < -0.39 is 0 Å². The summed E-state index contributed by atoms with van der Waals surface area (Å²) in [6.45, 7) is 0.543. The molecule has 1 amide bonds. The minimum absolute atomic E-state index is 0.0249. The van der Waals surface area contributed by atoms with Crippen molar-refractivity contribution in [3.8, 4) is 0 Å². The molecule has 1 saturated heterocycles. The van der Waals surface area contributed by atoms with Crippen LogP contribution in [0.15, 0.2) is 71.6 Å². The fraction of sp³-hybridized carbons (Fsp3) is 0.158. The smallest absolute Gasteiger partial charge is 0.266 e. The second-order valence-electron chi connectivity index (χ2n) is 5.34. The Hall–Kier alpha value is -1.91. The summed E-state index contributed by atoms with van der Waals surface area (Å²) in [4.78, 5) is 14.9. The Labute approximate surface area is 146 Å². The highest BCUT2D eigenvalue weighted by Gasteiger charge is 2.31. The summed E-state index contributed by atoms with van der Waals surface area (Å²) in [6.07, 6.45) is 3.79. The normalized spacial score (nSPS) is 16.3. The fourth-order valence-electron chi connectivity index (χ4n) is 2.45. The van der Waals surface area contributed by atoms with Crippen LogP contribution < -0.4 is 0 Å². The van der Waals surface area contributed by atoms with Gasteiger partial charge in [0.15, 0.2) is 0 Å². The van der Waals surface area contributed by atoms with Crippen LogP contribution in [0.4, 0.5) is 0 Å². The van der Waals surface area contributed by atoms with Gasteiger partial charge in [-0.1, -0.05) is 90.7 Å². The number of amides is 1. The number of allylic oxidation sites excluding steroid dienone is 1. The second kappa shape index (κ2) is 7.57. The summed E-state index contributed by atoms with van der Waals surface area (Å²) in [7, 11) is 0. The summed E-state index contributed by atoms with van der Waals surface area (Å²) in [5.74, 6) is 0.0249. The van der Waals surface area contributed by atoms with Gasteiger partial charge in [-0.15, -0.1) is 0 Å². The van der Waals surface area contributed by atoms with Gasteiger partial charge in [-0.05, 0) is 24.0 Å². The van der Waals surface area contributed by atoms with Crippen LogP contribution in [0.25, 0.3) is 0 Å². The van der Waals surface area contributed by atoms with Crippen LogP contribution in [0.5, 0.6) is 0 Å². The van der Waals surface area contributed by atoms with Crippen molar-refractivity contribution in [3.05, 3.63) is 82.8 Å². The molecule has 2 aromatic carbocycles. The molecule has 1 aliphatic heterocycles. The molecule has 0 atom stereocenters. The first-order valence-corrected chi connectivity index (χ1v) is 8.78. The van der Waals surface area contributed by atoms with Gasteiger partial charge in [0.2, 0.25) is 0 Å². The highest BCUT2D eigenvalue weighted by Crippen LogP contribution is 2.32. The summed E-state index contributed by atoms with van der Waals surface area (Å²) in [6, 6.07) is 20.2. The van der Waals surface area contributed by atoms with Crippen molar-refractivity contribution < 1.29 is 4.79 Å². The number of carbonyl (C=O) groups excluding carboxylic acids is 1. The van der Waals surface area contributed by atoms with Crippen LogP contribution in [-0.4, -0.2) is 15.1 Å². The van der Waals surface area contributed by atoms with E-state index in [4.69, 9.17) is 12.2 Å². The summed E-state index contributed by atoms with van der Waals surface area (Å²) in [5, 5.41) is 0. The minimum atomic E-state index is 0.0249. The standard InChI is InChI=1S/C19H17NOS2/c21-18-17(13-7-12-15-8-3-1-4-9-15)23-19(22)20(18)14-16-10-5-2-6-11-16/h1-6,8-11,13H,7,12,14H2/b17-13-. The molecule has 1 heterocycles. The Kier molecular flexibility index (Phi) is 5.26. The predicted molar refractivity (Wildman–Crippen MR) is 100 cm³/mol. The number of hydrogen-bond acceptors (Lipinski definition) is 3. The lowest BCUT2D eigenvalue weighted by Gasteiger charge is -2.14. The van der Waals surface area contributed by atoms with Crippen LogP contribution in [0.3, 0.4) is 0 Å². The van der Waals surface area contributed by atoms with Gasteiger partial charge in [0.05, 0.1) is 11.4 Å². The SMILES string of the molecule is O=C1/C(=C/CCc2ccccc2)SC(=S)N1Cc1ccccc1. The number of aryl methyl sites for hydroxylation is 1. The monoisotopic (exact) mass is 339 g/mol. The molecule has 0 radical (unpaired) electrons. The van der Waals surface area contributed by atoms with E-state index in [2.05, 4.69) is 12.1 Å². The molecule has 116 valence electrons. The summed E-state index contributed by atoms with van der Waals surface area (Å²) in [5.41, 5.74) is 2.37. The number of rotatable bonds is 5. The van der Waals surface area contributed by atoms with Crippen LogP contribution >= 0.6 is 24.0 Å². The van der Waals surface area contributed by atoms with Gasteiger partial charge in [-0.3, -0.25) is 9.69 Å². The molecule has 1 aliphatic rings. The summed E-state index contributed by atoms with van der Waals surface area (Å²) >= 11 is 6.77. The Morgan fingerprint density at radius 2 is 1.57 bits per heavy atom. The predicted octanol–water partition coefficient (Wildman–Crippen LogP) is 4.56. The van der Waals surface area contributed by atoms with E-state index >= 15 is 0 Å². The van der Waals surface area contributed by atoms with Gasteiger partial charge in [-0.2, -0.15) is 0 Å². The van der Waals surface area contributed by atoms with Gasteiger partial charge < -0.3 is 0 Å². The minimum Gasteiger partial charge on any atom is -0.288 e. The first kappa shape index (κ1) is 16.0. The quantitative estimate of drug-likeness (QED) is 0.588. The van der Waals surface area contributed by atoms with E-state index in [0.717, 1.165) is 23.3 Å². The average Bonchev–Trinajstić information content (AvgIpc) is 2.85. The van der Waals surface area contributed by atoms with E-state index in [1.165, 1.54) is 17.3 Å². The zero-order chi connectivity index (χ0) is 16.1. The molecule has 1 fully saturated rings. The van der Waals surface area contributed by atoms with Crippen molar-refractivity contribution in [3.63, 3.8) is 0 Å². The molecule has 0 spiro atoms. The lowest BCUT2D eigenvalue weighted by molar-refractivity contribution is -0.122. The molecule has 23 heavy (non-hydrogen) atoms. The van der Waals surface area contributed by atoms with Crippen molar-refractivity contribution in [1.29, 1.82) is 0 Å². The molecule has 3 rings (SSSR count). The molecule has 4 heteroatoms. The Morgan fingerprint density at radius 1 is 0.957 bits per heavy atom.